The Morgan fingerprint density at radius 3 is 2.15 bits per heavy atom. The molecule has 4 aromatic rings. The highest BCUT2D eigenvalue weighted by Gasteiger charge is 2.36. The lowest BCUT2D eigenvalue weighted by atomic mass is 9.81. The Hall–Kier alpha value is -3.17. The molecular weight excluding hydrogens is 322 g/mol. The van der Waals surface area contributed by atoms with Gasteiger partial charge in [-0.2, -0.15) is 0 Å². The molecule has 4 rings (SSSR count). The van der Waals surface area contributed by atoms with Crippen LogP contribution < -0.4 is 4.74 Å². The Morgan fingerprint density at radius 2 is 1.42 bits per heavy atom. The van der Waals surface area contributed by atoms with E-state index in [0.717, 1.165) is 27.6 Å². The van der Waals surface area contributed by atoms with Crippen molar-refractivity contribution in [1.29, 1.82) is 0 Å². The lowest BCUT2D eigenvalue weighted by Crippen LogP contribution is -2.30. The van der Waals surface area contributed by atoms with E-state index >= 15 is 0 Å². The monoisotopic (exact) mass is 341 g/mol. The first kappa shape index (κ1) is 16.3. The maximum atomic E-state index is 12.0. The second kappa shape index (κ2) is 6.62. The van der Waals surface area contributed by atoms with Crippen molar-refractivity contribution in [1.82, 2.24) is 4.98 Å². The minimum atomic E-state index is -1.37. The highest BCUT2D eigenvalue weighted by Crippen LogP contribution is 2.39. The van der Waals surface area contributed by atoms with Gasteiger partial charge in [-0.3, -0.25) is 4.98 Å². The van der Waals surface area contributed by atoms with Crippen LogP contribution in [0.2, 0.25) is 0 Å². The van der Waals surface area contributed by atoms with Gasteiger partial charge in [-0.25, -0.2) is 0 Å². The Morgan fingerprint density at radius 1 is 0.769 bits per heavy atom. The van der Waals surface area contributed by atoms with Crippen molar-refractivity contribution in [2.24, 2.45) is 0 Å². The summed E-state index contributed by atoms with van der Waals surface area (Å²) in [5, 5.41) is 14.0. The molecule has 0 radical (unpaired) electrons. The minimum absolute atomic E-state index is 0.618. The SMILES string of the molecule is COc1ccc(C(O)(c2ccccc2)c2nccc3ccccc23)cc1. The molecule has 1 aromatic heterocycles. The molecule has 128 valence electrons. The summed E-state index contributed by atoms with van der Waals surface area (Å²) in [5.74, 6) is 0.745. The van der Waals surface area contributed by atoms with E-state index in [9.17, 15) is 5.11 Å². The number of aromatic nitrogens is 1. The normalized spacial score (nSPS) is 13.3. The number of pyridine rings is 1. The number of nitrogens with zero attached hydrogens (tertiary/aromatic N) is 1. The lowest BCUT2D eigenvalue weighted by Gasteiger charge is -2.30. The average molecular weight is 341 g/mol. The molecule has 0 amide bonds. The van der Waals surface area contributed by atoms with Gasteiger partial charge in [0.1, 0.15) is 5.75 Å². The zero-order valence-electron chi connectivity index (χ0n) is 14.5. The summed E-state index contributed by atoms with van der Waals surface area (Å²) in [6.07, 6.45) is 1.75. The van der Waals surface area contributed by atoms with E-state index in [0.29, 0.717) is 5.69 Å². The molecule has 0 aliphatic rings. The number of rotatable bonds is 4. The van der Waals surface area contributed by atoms with Crippen molar-refractivity contribution < 1.29 is 9.84 Å². The van der Waals surface area contributed by atoms with E-state index in [-0.39, 0.29) is 0 Å². The summed E-state index contributed by atoms with van der Waals surface area (Å²) < 4.78 is 5.27. The summed E-state index contributed by atoms with van der Waals surface area (Å²) in [5.41, 5.74) is 0.767. The fraction of sp³-hybridized carbons (Fsp3) is 0.0870. The van der Waals surface area contributed by atoms with Crippen LogP contribution in [-0.4, -0.2) is 17.2 Å². The van der Waals surface area contributed by atoms with Gasteiger partial charge in [-0.15, -0.1) is 0 Å². The van der Waals surface area contributed by atoms with Crippen LogP contribution in [0.15, 0.2) is 91.1 Å². The molecule has 0 spiro atoms. The zero-order chi connectivity index (χ0) is 18.0. The Kier molecular flexibility index (Phi) is 4.15. The third kappa shape index (κ3) is 2.63. The predicted molar refractivity (Wildman–Crippen MR) is 103 cm³/mol. The predicted octanol–water partition coefficient (Wildman–Crippen LogP) is 4.53. The van der Waals surface area contributed by atoms with Gasteiger partial charge in [0.05, 0.1) is 12.8 Å². The van der Waals surface area contributed by atoms with Crippen molar-refractivity contribution in [3.63, 3.8) is 0 Å². The third-order valence-electron chi connectivity index (χ3n) is 4.72. The number of hydrogen-bond acceptors (Lipinski definition) is 3. The van der Waals surface area contributed by atoms with E-state index in [1.165, 1.54) is 0 Å². The number of aliphatic hydroxyl groups is 1. The molecule has 1 unspecified atom stereocenters. The molecule has 0 saturated heterocycles. The largest absolute Gasteiger partial charge is 0.497 e. The molecule has 0 aliphatic heterocycles. The van der Waals surface area contributed by atoms with Crippen molar-refractivity contribution in [2.75, 3.05) is 7.11 Å². The molecule has 3 aromatic carbocycles. The van der Waals surface area contributed by atoms with Gasteiger partial charge < -0.3 is 9.84 Å². The second-order valence-corrected chi connectivity index (χ2v) is 6.19. The van der Waals surface area contributed by atoms with Gasteiger partial charge in [0, 0.05) is 11.6 Å². The van der Waals surface area contributed by atoms with E-state index in [4.69, 9.17) is 4.74 Å². The van der Waals surface area contributed by atoms with Crippen LogP contribution in [0.3, 0.4) is 0 Å². The van der Waals surface area contributed by atoms with Crippen LogP contribution in [0, 0.1) is 0 Å². The molecule has 26 heavy (non-hydrogen) atoms. The number of fused-ring (bicyclic) bond motifs is 1. The van der Waals surface area contributed by atoms with Gasteiger partial charge in [0.25, 0.3) is 0 Å². The second-order valence-electron chi connectivity index (χ2n) is 6.19. The summed E-state index contributed by atoms with van der Waals surface area (Å²) in [6, 6.07) is 27.1. The van der Waals surface area contributed by atoms with Crippen LogP contribution in [0.5, 0.6) is 5.75 Å². The number of benzene rings is 3. The van der Waals surface area contributed by atoms with E-state index in [1.807, 2.05) is 84.9 Å². The van der Waals surface area contributed by atoms with Gasteiger partial charge in [-0.1, -0.05) is 66.7 Å². The summed E-state index contributed by atoms with van der Waals surface area (Å²) >= 11 is 0. The van der Waals surface area contributed by atoms with Crippen molar-refractivity contribution in [2.45, 2.75) is 5.60 Å². The third-order valence-corrected chi connectivity index (χ3v) is 4.72. The van der Waals surface area contributed by atoms with Gasteiger partial charge in [0.2, 0.25) is 0 Å². The van der Waals surface area contributed by atoms with E-state index in [2.05, 4.69) is 4.98 Å². The van der Waals surface area contributed by atoms with Gasteiger partial charge in [-0.05, 0) is 34.7 Å². The number of hydrogen-bond donors (Lipinski definition) is 1. The topological polar surface area (TPSA) is 42.4 Å². The van der Waals surface area contributed by atoms with Gasteiger partial charge >= 0.3 is 0 Å². The van der Waals surface area contributed by atoms with Crippen LogP contribution in [0.4, 0.5) is 0 Å². The van der Waals surface area contributed by atoms with Crippen molar-refractivity contribution in [3.8, 4) is 5.75 Å². The molecule has 3 nitrogen and oxygen atoms in total. The Labute approximate surface area is 152 Å². The van der Waals surface area contributed by atoms with E-state index < -0.39 is 5.60 Å². The fourth-order valence-corrected chi connectivity index (χ4v) is 3.36. The first-order valence-electron chi connectivity index (χ1n) is 8.50. The molecule has 1 atom stereocenters. The van der Waals surface area contributed by atoms with Crippen LogP contribution >= 0.6 is 0 Å². The molecule has 0 fully saturated rings. The molecule has 0 bridgehead atoms. The minimum Gasteiger partial charge on any atom is -0.497 e. The Balaban J connectivity index is 2.02. The summed E-state index contributed by atoms with van der Waals surface area (Å²) in [4.78, 5) is 4.59. The molecule has 1 N–H and O–H groups in total. The van der Waals surface area contributed by atoms with Crippen LogP contribution in [-0.2, 0) is 5.60 Å². The maximum absolute atomic E-state index is 12.0. The quantitative estimate of drug-likeness (QED) is 0.593. The molecule has 1 heterocycles. The number of methoxy groups -OCH3 is 1. The van der Waals surface area contributed by atoms with E-state index in [1.54, 1.807) is 13.3 Å². The standard InChI is InChI=1S/C23H19NO2/c1-26-20-13-11-19(12-14-20)23(25,18-8-3-2-4-9-18)22-21-10-6-5-7-17(21)15-16-24-22/h2-16,25H,1H3. The van der Waals surface area contributed by atoms with Gasteiger partial charge in [0.15, 0.2) is 5.60 Å². The molecule has 0 aliphatic carbocycles. The first-order chi connectivity index (χ1) is 12.7. The first-order valence-corrected chi connectivity index (χ1v) is 8.50. The highest BCUT2D eigenvalue weighted by atomic mass is 16.5. The van der Waals surface area contributed by atoms with Crippen LogP contribution in [0.1, 0.15) is 16.8 Å². The zero-order valence-corrected chi connectivity index (χ0v) is 14.5. The van der Waals surface area contributed by atoms with Crippen molar-refractivity contribution in [3.05, 3.63) is 108 Å². The summed E-state index contributed by atoms with van der Waals surface area (Å²) in [7, 11) is 1.63. The number of ether oxygens (including phenoxy) is 1. The smallest absolute Gasteiger partial charge is 0.157 e. The highest BCUT2D eigenvalue weighted by molar-refractivity contribution is 5.86. The molecular formula is C23H19NO2. The lowest BCUT2D eigenvalue weighted by molar-refractivity contribution is 0.122. The maximum Gasteiger partial charge on any atom is 0.157 e. The molecule has 0 saturated carbocycles. The Bertz CT molecular complexity index is 1020. The molecule has 3 heteroatoms. The van der Waals surface area contributed by atoms with Crippen LogP contribution in [0.25, 0.3) is 10.8 Å². The summed E-state index contributed by atoms with van der Waals surface area (Å²) in [6.45, 7) is 0. The average Bonchev–Trinajstić information content (AvgIpc) is 2.73. The fourth-order valence-electron chi connectivity index (χ4n) is 3.36. The van der Waals surface area contributed by atoms with Crippen molar-refractivity contribution >= 4 is 10.8 Å².